The zero-order valence-corrected chi connectivity index (χ0v) is 6.81. The maximum absolute atomic E-state index is 2.12. The summed E-state index contributed by atoms with van der Waals surface area (Å²) in [7, 11) is 0. The lowest BCUT2D eigenvalue weighted by molar-refractivity contribution is 0.823. The molecule has 0 atom stereocenters. The van der Waals surface area contributed by atoms with Crippen molar-refractivity contribution in [2.75, 3.05) is 0 Å². The van der Waals surface area contributed by atoms with Crippen LogP contribution >= 0.6 is 0 Å². The van der Waals surface area contributed by atoms with Crippen molar-refractivity contribution in [2.24, 2.45) is 0 Å². The maximum atomic E-state index is 2.12. The Hall–Kier alpha value is -0.900. The van der Waals surface area contributed by atoms with Gasteiger partial charge >= 0.3 is 0 Å². The molecule has 1 rings (SSSR count). The molecule has 6 N–H and O–H groups in total. The minimum atomic E-state index is 0. The predicted octanol–water partition coefficient (Wildman–Crippen LogP) is -0.171. The highest BCUT2D eigenvalue weighted by molar-refractivity contribution is 5.19. The van der Waals surface area contributed by atoms with E-state index in [-0.39, 0.29) is 16.4 Å². The molecule has 0 aliphatic carbocycles. The monoisotopic (exact) mass is 160 g/mol. The molecule has 0 amide bonds. The van der Waals surface area contributed by atoms with Crippen LogP contribution in [0.5, 0.6) is 0 Å². The summed E-state index contributed by atoms with van der Waals surface area (Å²) < 4.78 is 0. The van der Waals surface area contributed by atoms with Crippen LogP contribution in [0.25, 0.3) is 0 Å². The Bertz CT molecular complexity index is 148. The Morgan fingerprint density at radius 2 is 0.818 bits per heavy atom. The third kappa shape index (κ3) is 5.54. The largest absolute Gasteiger partial charge is 0.412 e. The highest BCUT2D eigenvalue weighted by Gasteiger charge is 1.79. The third-order valence-corrected chi connectivity index (χ3v) is 1.22. The first-order valence-corrected chi connectivity index (χ1v) is 2.82. The summed E-state index contributed by atoms with van der Waals surface area (Å²) in [6, 6.07) is 8.48. The van der Waals surface area contributed by atoms with Crippen LogP contribution in [0.15, 0.2) is 24.3 Å². The van der Waals surface area contributed by atoms with Crippen molar-refractivity contribution in [3.8, 4) is 0 Å². The van der Waals surface area contributed by atoms with E-state index in [1.807, 2.05) is 0 Å². The molecule has 1 aromatic carbocycles. The maximum Gasteiger partial charge on any atom is -0.0398 e. The van der Waals surface area contributed by atoms with Gasteiger partial charge < -0.3 is 16.4 Å². The van der Waals surface area contributed by atoms with Gasteiger partial charge in [0.05, 0.1) is 0 Å². The summed E-state index contributed by atoms with van der Waals surface area (Å²) >= 11 is 0. The molecule has 3 heteroatoms. The molecule has 0 aliphatic heterocycles. The lowest BCUT2D eigenvalue weighted by atomic mass is 10.2. The van der Waals surface area contributed by atoms with E-state index in [2.05, 4.69) is 38.1 Å². The number of aryl methyl sites for hydroxylation is 2. The number of rotatable bonds is 0. The minimum Gasteiger partial charge on any atom is -0.412 e. The Morgan fingerprint density at radius 1 is 0.636 bits per heavy atom. The van der Waals surface area contributed by atoms with E-state index in [0.717, 1.165) is 0 Å². The van der Waals surface area contributed by atoms with Crippen molar-refractivity contribution in [1.82, 2.24) is 0 Å². The zero-order valence-electron chi connectivity index (χ0n) is 6.81. The van der Waals surface area contributed by atoms with E-state index < -0.39 is 0 Å². The molecule has 0 aliphatic rings. The predicted molar refractivity (Wildman–Crippen MR) is 46.8 cm³/mol. The topological polar surface area (TPSA) is 94.5 Å². The second-order valence-electron chi connectivity index (χ2n) is 2.15. The normalized spacial score (nSPS) is 6.73. The number of benzene rings is 1. The van der Waals surface area contributed by atoms with Gasteiger partial charge in [0.2, 0.25) is 0 Å². The molecule has 0 aromatic heterocycles. The molecular weight excluding hydrogens is 144 g/mol. The van der Waals surface area contributed by atoms with Gasteiger partial charge in [0, 0.05) is 0 Å². The standard InChI is InChI=1S/C8H10.3H2O/c1-7-3-5-8(2)6-4-7;;;/h3-6H,1-2H3;3*1H2. The van der Waals surface area contributed by atoms with E-state index in [4.69, 9.17) is 0 Å². The second kappa shape index (κ2) is 7.21. The van der Waals surface area contributed by atoms with Crippen LogP contribution in [0.1, 0.15) is 11.1 Å². The van der Waals surface area contributed by atoms with Gasteiger partial charge in [-0.15, -0.1) is 0 Å². The molecule has 0 bridgehead atoms. The Labute approximate surface area is 66.6 Å². The van der Waals surface area contributed by atoms with Crippen LogP contribution in [-0.2, 0) is 0 Å². The van der Waals surface area contributed by atoms with Crippen LogP contribution in [0.4, 0.5) is 0 Å². The molecule has 0 fully saturated rings. The van der Waals surface area contributed by atoms with Crippen LogP contribution in [0.3, 0.4) is 0 Å². The molecule has 0 saturated heterocycles. The van der Waals surface area contributed by atoms with Crippen molar-refractivity contribution in [3.05, 3.63) is 35.4 Å². The molecule has 0 radical (unpaired) electrons. The number of hydrogen-bond donors (Lipinski definition) is 0. The summed E-state index contributed by atoms with van der Waals surface area (Å²) in [6.45, 7) is 4.19. The van der Waals surface area contributed by atoms with Crippen molar-refractivity contribution in [2.45, 2.75) is 13.8 Å². The molecule has 11 heavy (non-hydrogen) atoms. The van der Waals surface area contributed by atoms with Gasteiger partial charge in [-0.3, -0.25) is 0 Å². The Morgan fingerprint density at radius 3 is 1.00 bits per heavy atom. The average molecular weight is 160 g/mol. The van der Waals surface area contributed by atoms with Crippen LogP contribution in [0, 0.1) is 13.8 Å². The van der Waals surface area contributed by atoms with Crippen LogP contribution < -0.4 is 0 Å². The number of hydrogen-bond acceptors (Lipinski definition) is 0. The Balaban J connectivity index is -0.000000213. The quantitative estimate of drug-likeness (QED) is 0.503. The smallest absolute Gasteiger partial charge is 0.0398 e. The van der Waals surface area contributed by atoms with Gasteiger partial charge in [-0.2, -0.15) is 0 Å². The van der Waals surface area contributed by atoms with Gasteiger partial charge in [-0.05, 0) is 13.8 Å². The molecule has 0 spiro atoms. The van der Waals surface area contributed by atoms with Crippen LogP contribution in [0.2, 0.25) is 0 Å². The zero-order chi connectivity index (χ0) is 5.98. The SMILES string of the molecule is Cc1ccc(C)cc1.O.O.O. The molecule has 3 nitrogen and oxygen atoms in total. The average Bonchev–Trinajstić information content (AvgIpc) is 1.77. The first-order chi connectivity index (χ1) is 3.79. The fourth-order valence-electron chi connectivity index (χ4n) is 0.637. The van der Waals surface area contributed by atoms with Gasteiger partial charge in [0.1, 0.15) is 0 Å². The Kier molecular flexibility index (Phi) is 10.9. The van der Waals surface area contributed by atoms with E-state index in [0.29, 0.717) is 0 Å². The molecular formula is C8H16O3. The molecule has 0 heterocycles. The van der Waals surface area contributed by atoms with E-state index >= 15 is 0 Å². The fourth-order valence-corrected chi connectivity index (χ4v) is 0.637. The summed E-state index contributed by atoms with van der Waals surface area (Å²) in [6.07, 6.45) is 0. The van der Waals surface area contributed by atoms with E-state index in [1.54, 1.807) is 0 Å². The van der Waals surface area contributed by atoms with Crippen molar-refractivity contribution in [1.29, 1.82) is 0 Å². The first kappa shape index (κ1) is 16.6. The first-order valence-electron chi connectivity index (χ1n) is 2.82. The van der Waals surface area contributed by atoms with Gasteiger partial charge in [-0.1, -0.05) is 35.4 Å². The highest BCUT2D eigenvalue weighted by atomic mass is 16.0. The molecule has 0 unspecified atom stereocenters. The molecule has 1 aromatic rings. The van der Waals surface area contributed by atoms with Crippen LogP contribution in [-0.4, -0.2) is 16.4 Å². The van der Waals surface area contributed by atoms with Crippen molar-refractivity contribution < 1.29 is 16.4 Å². The lowest BCUT2D eigenvalue weighted by Crippen LogP contribution is -1.70. The van der Waals surface area contributed by atoms with Crippen molar-refractivity contribution in [3.63, 3.8) is 0 Å². The summed E-state index contributed by atoms with van der Waals surface area (Å²) in [5, 5.41) is 0. The molecule has 66 valence electrons. The van der Waals surface area contributed by atoms with Gasteiger partial charge in [-0.25, -0.2) is 0 Å². The van der Waals surface area contributed by atoms with E-state index in [1.165, 1.54) is 11.1 Å². The second-order valence-corrected chi connectivity index (χ2v) is 2.15. The summed E-state index contributed by atoms with van der Waals surface area (Å²) in [5.41, 5.74) is 2.66. The summed E-state index contributed by atoms with van der Waals surface area (Å²) in [4.78, 5) is 0. The third-order valence-electron chi connectivity index (χ3n) is 1.22. The van der Waals surface area contributed by atoms with Gasteiger partial charge in [0.25, 0.3) is 0 Å². The highest BCUT2D eigenvalue weighted by Crippen LogP contribution is 1.99. The lowest BCUT2D eigenvalue weighted by Gasteiger charge is -1.90. The summed E-state index contributed by atoms with van der Waals surface area (Å²) in [5.74, 6) is 0. The van der Waals surface area contributed by atoms with Gasteiger partial charge in [0.15, 0.2) is 0 Å². The minimum absolute atomic E-state index is 0. The van der Waals surface area contributed by atoms with Crippen molar-refractivity contribution >= 4 is 0 Å². The molecule has 0 saturated carbocycles. The van der Waals surface area contributed by atoms with E-state index in [9.17, 15) is 0 Å². The fraction of sp³-hybridized carbons (Fsp3) is 0.250.